The van der Waals surface area contributed by atoms with Gasteiger partial charge in [0.2, 0.25) is 5.91 Å². The highest BCUT2D eigenvalue weighted by Gasteiger charge is 2.17. The summed E-state index contributed by atoms with van der Waals surface area (Å²) in [7, 11) is 2.09. The zero-order valence-electron chi connectivity index (χ0n) is 15.6. The van der Waals surface area contributed by atoms with Gasteiger partial charge in [-0.2, -0.15) is 0 Å². The summed E-state index contributed by atoms with van der Waals surface area (Å²) >= 11 is 0. The summed E-state index contributed by atoms with van der Waals surface area (Å²) in [6.07, 6.45) is 3.26. The number of nitrogens with one attached hydrogen (secondary N) is 1. The van der Waals surface area contributed by atoms with E-state index in [9.17, 15) is 9.59 Å². The number of amides is 1. The van der Waals surface area contributed by atoms with Gasteiger partial charge in [0.25, 0.3) is 0 Å². The number of rotatable bonds is 6. The molecule has 27 heavy (non-hydrogen) atoms. The first-order valence-corrected chi connectivity index (χ1v) is 9.18. The van der Waals surface area contributed by atoms with Crippen molar-refractivity contribution in [3.05, 3.63) is 71.8 Å². The third kappa shape index (κ3) is 5.88. The molecule has 1 N–H and O–H groups in total. The van der Waals surface area contributed by atoms with E-state index in [-0.39, 0.29) is 11.7 Å². The van der Waals surface area contributed by atoms with Crippen LogP contribution in [0.15, 0.2) is 60.7 Å². The van der Waals surface area contributed by atoms with Gasteiger partial charge in [0, 0.05) is 43.5 Å². The Morgan fingerprint density at radius 1 is 1.00 bits per heavy atom. The molecule has 1 heterocycles. The molecule has 0 bridgehead atoms. The Bertz CT molecular complexity index is 809. The highest BCUT2D eigenvalue weighted by atomic mass is 16.1. The number of piperazine rings is 1. The van der Waals surface area contributed by atoms with Crippen LogP contribution in [-0.4, -0.2) is 61.3 Å². The first-order chi connectivity index (χ1) is 13.1. The van der Waals surface area contributed by atoms with Gasteiger partial charge >= 0.3 is 0 Å². The standard InChI is InChI=1S/C22H25N3O2/c1-24-12-14-25(15-13-24)17-21(26)19-8-5-9-20(16-19)23-22(27)11-10-18-6-3-2-4-7-18/h2-11,16H,12-15,17H2,1H3,(H,23,27)/b11-10+. The molecule has 3 rings (SSSR count). The molecule has 2 aromatic rings. The average Bonchev–Trinajstić information content (AvgIpc) is 2.69. The number of hydrogen-bond acceptors (Lipinski definition) is 4. The highest BCUT2D eigenvalue weighted by molar-refractivity contribution is 6.03. The van der Waals surface area contributed by atoms with Crippen LogP contribution >= 0.6 is 0 Å². The maximum atomic E-state index is 12.6. The number of carbonyl (C=O) groups excluding carboxylic acids is 2. The molecule has 0 unspecified atom stereocenters. The third-order valence-electron chi connectivity index (χ3n) is 4.64. The number of nitrogens with zero attached hydrogens (tertiary/aromatic N) is 2. The number of benzene rings is 2. The molecule has 1 fully saturated rings. The van der Waals surface area contributed by atoms with Crippen LogP contribution in [0.1, 0.15) is 15.9 Å². The van der Waals surface area contributed by atoms with Crippen LogP contribution in [0.3, 0.4) is 0 Å². The lowest BCUT2D eigenvalue weighted by atomic mass is 10.1. The van der Waals surface area contributed by atoms with Gasteiger partial charge in [0.15, 0.2) is 5.78 Å². The minimum absolute atomic E-state index is 0.0791. The third-order valence-corrected chi connectivity index (χ3v) is 4.64. The van der Waals surface area contributed by atoms with Crippen molar-refractivity contribution in [3.63, 3.8) is 0 Å². The Labute approximate surface area is 160 Å². The van der Waals surface area contributed by atoms with Crippen LogP contribution in [0.2, 0.25) is 0 Å². The lowest BCUT2D eigenvalue weighted by Gasteiger charge is -2.31. The second-order valence-corrected chi connectivity index (χ2v) is 6.82. The fraction of sp³-hybridized carbons (Fsp3) is 0.273. The molecule has 0 aromatic heterocycles. The second-order valence-electron chi connectivity index (χ2n) is 6.82. The predicted molar refractivity (Wildman–Crippen MR) is 109 cm³/mol. The molecule has 2 aromatic carbocycles. The summed E-state index contributed by atoms with van der Waals surface area (Å²) in [5.74, 6) is -0.141. The lowest BCUT2D eigenvalue weighted by molar-refractivity contribution is -0.111. The van der Waals surface area contributed by atoms with E-state index in [1.807, 2.05) is 30.3 Å². The van der Waals surface area contributed by atoms with Crippen molar-refractivity contribution in [2.45, 2.75) is 0 Å². The van der Waals surface area contributed by atoms with E-state index >= 15 is 0 Å². The summed E-state index contributed by atoms with van der Waals surface area (Å²) in [5.41, 5.74) is 2.21. The number of hydrogen-bond donors (Lipinski definition) is 1. The Morgan fingerprint density at radius 2 is 1.74 bits per heavy atom. The predicted octanol–water partition coefficient (Wildman–Crippen LogP) is 2.77. The van der Waals surface area contributed by atoms with Gasteiger partial charge in [0.05, 0.1) is 6.54 Å². The van der Waals surface area contributed by atoms with E-state index in [0.29, 0.717) is 17.8 Å². The van der Waals surface area contributed by atoms with E-state index in [4.69, 9.17) is 0 Å². The van der Waals surface area contributed by atoms with Gasteiger partial charge in [-0.25, -0.2) is 0 Å². The highest BCUT2D eigenvalue weighted by Crippen LogP contribution is 2.13. The minimum atomic E-state index is -0.220. The summed E-state index contributed by atoms with van der Waals surface area (Å²) in [6.45, 7) is 4.19. The van der Waals surface area contributed by atoms with Crippen LogP contribution in [0.5, 0.6) is 0 Å². The van der Waals surface area contributed by atoms with Gasteiger partial charge in [-0.05, 0) is 30.8 Å². The summed E-state index contributed by atoms with van der Waals surface area (Å²) in [5, 5.41) is 2.82. The summed E-state index contributed by atoms with van der Waals surface area (Å²) < 4.78 is 0. The fourth-order valence-electron chi connectivity index (χ4n) is 2.99. The molecule has 0 saturated carbocycles. The van der Waals surface area contributed by atoms with Crippen molar-refractivity contribution in [1.82, 2.24) is 9.80 Å². The zero-order chi connectivity index (χ0) is 19.1. The molecule has 140 valence electrons. The maximum absolute atomic E-state index is 12.6. The van der Waals surface area contributed by atoms with Gasteiger partial charge in [0.1, 0.15) is 0 Å². The number of likely N-dealkylation sites (N-methyl/N-ethyl adjacent to an activating group) is 1. The first kappa shape index (κ1) is 19.0. The topological polar surface area (TPSA) is 52.6 Å². The Hall–Kier alpha value is -2.76. The van der Waals surface area contributed by atoms with Gasteiger partial charge in [-0.15, -0.1) is 0 Å². The monoisotopic (exact) mass is 363 g/mol. The smallest absolute Gasteiger partial charge is 0.248 e. The van der Waals surface area contributed by atoms with Gasteiger partial charge in [-0.3, -0.25) is 14.5 Å². The van der Waals surface area contributed by atoms with E-state index in [0.717, 1.165) is 31.7 Å². The lowest BCUT2D eigenvalue weighted by Crippen LogP contribution is -2.46. The first-order valence-electron chi connectivity index (χ1n) is 9.18. The average molecular weight is 363 g/mol. The largest absolute Gasteiger partial charge is 0.322 e. The molecule has 1 aliphatic heterocycles. The normalized spacial score (nSPS) is 15.7. The van der Waals surface area contributed by atoms with Crippen LogP contribution in [0, 0.1) is 0 Å². The van der Waals surface area contributed by atoms with Crippen molar-refractivity contribution < 1.29 is 9.59 Å². The van der Waals surface area contributed by atoms with E-state index in [1.54, 1.807) is 30.3 Å². The molecular weight excluding hydrogens is 338 g/mol. The van der Waals surface area contributed by atoms with Crippen molar-refractivity contribution in [2.75, 3.05) is 45.1 Å². The van der Waals surface area contributed by atoms with E-state index in [1.165, 1.54) is 6.08 Å². The molecule has 0 atom stereocenters. The number of carbonyl (C=O) groups is 2. The fourth-order valence-corrected chi connectivity index (χ4v) is 2.99. The molecule has 5 heteroatoms. The molecule has 0 spiro atoms. The van der Waals surface area contributed by atoms with Crippen LogP contribution in [0.25, 0.3) is 6.08 Å². The van der Waals surface area contributed by atoms with Crippen LogP contribution < -0.4 is 5.32 Å². The molecule has 0 radical (unpaired) electrons. The molecule has 0 aliphatic carbocycles. The minimum Gasteiger partial charge on any atom is -0.322 e. The number of Topliss-reactive ketones (excluding diaryl/α,β-unsaturated/α-hetero) is 1. The number of anilines is 1. The SMILES string of the molecule is CN1CCN(CC(=O)c2cccc(NC(=O)/C=C/c3ccccc3)c2)CC1. The van der Waals surface area contributed by atoms with Gasteiger partial charge in [-0.1, -0.05) is 42.5 Å². The maximum Gasteiger partial charge on any atom is 0.248 e. The van der Waals surface area contributed by atoms with E-state index < -0.39 is 0 Å². The zero-order valence-corrected chi connectivity index (χ0v) is 15.6. The van der Waals surface area contributed by atoms with Crippen molar-refractivity contribution >= 4 is 23.5 Å². The molecule has 5 nitrogen and oxygen atoms in total. The quantitative estimate of drug-likeness (QED) is 0.633. The van der Waals surface area contributed by atoms with E-state index in [2.05, 4.69) is 22.2 Å². The van der Waals surface area contributed by atoms with Crippen LogP contribution in [-0.2, 0) is 4.79 Å². The second kappa shape index (κ2) is 9.26. The Kier molecular flexibility index (Phi) is 6.52. The summed E-state index contributed by atoms with van der Waals surface area (Å²) in [6, 6.07) is 16.8. The molecule has 1 saturated heterocycles. The van der Waals surface area contributed by atoms with Crippen molar-refractivity contribution in [3.8, 4) is 0 Å². The Balaban J connectivity index is 1.57. The molecule has 1 amide bonds. The van der Waals surface area contributed by atoms with Crippen molar-refractivity contribution in [1.29, 1.82) is 0 Å². The van der Waals surface area contributed by atoms with Gasteiger partial charge < -0.3 is 10.2 Å². The summed E-state index contributed by atoms with van der Waals surface area (Å²) in [4.78, 5) is 29.1. The Morgan fingerprint density at radius 3 is 2.48 bits per heavy atom. The van der Waals surface area contributed by atoms with Crippen LogP contribution in [0.4, 0.5) is 5.69 Å². The molecule has 1 aliphatic rings. The number of ketones is 1. The molecular formula is C22H25N3O2. The van der Waals surface area contributed by atoms with Crippen molar-refractivity contribution in [2.24, 2.45) is 0 Å².